The van der Waals surface area contributed by atoms with Gasteiger partial charge >= 0.3 is 5.97 Å². The highest BCUT2D eigenvalue weighted by Crippen LogP contribution is 2.63. The predicted molar refractivity (Wildman–Crippen MR) is 369 cm³/mol. The fraction of sp³-hybridized carbons (Fsp3) is 0.311. The van der Waals surface area contributed by atoms with Crippen LogP contribution >= 0.6 is 0 Å². The average molecular weight is 1380 g/mol. The number of fused-ring (bicyclic) bond motifs is 2. The molecule has 0 aromatic heterocycles. The summed E-state index contributed by atoms with van der Waals surface area (Å²) >= 11 is 0. The van der Waals surface area contributed by atoms with Gasteiger partial charge in [0.1, 0.15) is 33.6 Å². The Morgan fingerprint density at radius 1 is 0.479 bits per heavy atom. The van der Waals surface area contributed by atoms with E-state index in [1.54, 1.807) is 115 Å². The Balaban J connectivity index is 0.00000172. The molecule has 6 atom stereocenters. The molecular weight excluding hydrogens is 1300 g/mol. The van der Waals surface area contributed by atoms with Gasteiger partial charge in [-0.1, -0.05) is 158 Å². The molecule has 0 aliphatic carbocycles. The van der Waals surface area contributed by atoms with E-state index in [9.17, 15) is 30.4 Å². The number of amides is 2. The van der Waals surface area contributed by atoms with Gasteiger partial charge in [0.2, 0.25) is 11.8 Å². The summed E-state index contributed by atoms with van der Waals surface area (Å²) < 4.78 is 137. The molecule has 0 saturated heterocycles. The molecule has 2 aliphatic heterocycles. The van der Waals surface area contributed by atoms with Crippen LogP contribution in [0.5, 0.6) is 0 Å². The van der Waals surface area contributed by atoms with Gasteiger partial charge < -0.3 is 14.5 Å². The monoisotopic (exact) mass is 1380 g/mol. The third-order valence-electron chi connectivity index (χ3n) is 16.7. The minimum Gasteiger partial charge on any atom is -0.466 e. The Labute approximate surface area is 567 Å². The zero-order valence-corrected chi connectivity index (χ0v) is 58.1. The van der Waals surface area contributed by atoms with Crippen LogP contribution in [-0.4, -0.2) is 93.0 Å². The Hall–Kier alpha value is -7.93. The van der Waals surface area contributed by atoms with Crippen molar-refractivity contribution in [2.45, 2.75) is 137 Å². The fourth-order valence-corrected chi connectivity index (χ4v) is 17.0. The number of halogens is 2. The number of para-hydroxylation sites is 2. The quantitative estimate of drug-likeness (QED) is 0.0368. The van der Waals surface area contributed by atoms with Crippen LogP contribution in [0.2, 0.25) is 0 Å². The molecule has 2 heterocycles. The lowest BCUT2D eigenvalue weighted by atomic mass is 9.53. The van der Waals surface area contributed by atoms with E-state index < -0.39 is 124 Å². The van der Waals surface area contributed by atoms with Gasteiger partial charge in [0.15, 0.2) is 0 Å². The molecule has 0 saturated carbocycles. The first kappa shape index (κ1) is 72.3. The highest BCUT2D eigenvalue weighted by Gasteiger charge is 2.72. The summed E-state index contributed by atoms with van der Waals surface area (Å²) in [5.74, 6) is -2.83. The molecule has 2 aliphatic rings. The van der Waals surface area contributed by atoms with Crippen molar-refractivity contribution in [2.24, 2.45) is 0 Å². The molecule has 96 heavy (non-hydrogen) atoms. The van der Waals surface area contributed by atoms with Crippen molar-refractivity contribution in [2.75, 3.05) is 29.6 Å². The van der Waals surface area contributed by atoms with Crippen LogP contribution in [0, 0.1) is 11.6 Å². The van der Waals surface area contributed by atoms with Gasteiger partial charge in [-0.2, -0.15) is 16.8 Å². The zero-order chi connectivity index (χ0) is 69.2. The van der Waals surface area contributed by atoms with Crippen molar-refractivity contribution in [3.8, 4) is 0 Å². The second-order valence-electron chi connectivity index (χ2n) is 25.5. The summed E-state index contributed by atoms with van der Waals surface area (Å²) in [7, 11) is -13.7. The molecule has 8 aromatic carbocycles. The number of carbonyl (C=O) groups excluding carboxylic acids is 3. The van der Waals surface area contributed by atoms with E-state index >= 15 is 18.0 Å². The first-order chi connectivity index (χ1) is 45.6. The number of esters is 1. The molecule has 0 unspecified atom stereocenters. The standard InChI is InChI=1S/C70H72F2N4O10S4.C4H8O2/c1-67(2,3)87(79)75(47-53-27-15-9-16-28-53)57(49-85-89(81,82)59-39-35-55(71)36-40-59)43-69(61-31-19-21-33-63(61)73(65(69)77)45-51-23-11-7-12-24-51)70(62-32-20-22-34-64(62)74(66(70)78)46-52-25-13-8-14-26-52)44-58(50-86-90(83,84)60-41-37-56(72)38-42-60)76(88(80)68(4,5)6)48-54-29-17-10-18-30-54;1-3-6-4(2)5/h7-42,57-58H,43-50H2,1-6H3;3H2,1-2H3/t57-,58-,69+,70+,87-,88-;/m0./s1. The number of benzene rings is 8. The molecule has 0 bridgehead atoms. The smallest absolute Gasteiger partial charge is 0.302 e. The largest absolute Gasteiger partial charge is 0.466 e. The number of hydrogen-bond donors (Lipinski definition) is 0. The van der Waals surface area contributed by atoms with Crippen LogP contribution in [0.4, 0.5) is 20.2 Å². The second-order valence-corrected chi connectivity index (χ2v) is 33.1. The van der Waals surface area contributed by atoms with Gasteiger partial charge in [-0.25, -0.2) is 25.8 Å². The minimum atomic E-state index is -4.78. The van der Waals surface area contributed by atoms with Crippen molar-refractivity contribution in [3.63, 3.8) is 0 Å². The van der Waals surface area contributed by atoms with E-state index in [2.05, 4.69) is 4.74 Å². The van der Waals surface area contributed by atoms with Crippen LogP contribution in [0.25, 0.3) is 0 Å². The van der Waals surface area contributed by atoms with Crippen LogP contribution in [0.1, 0.15) is 102 Å². The van der Waals surface area contributed by atoms with Crippen molar-refractivity contribution < 1.29 is 61.5 Å². The summed E-state index contributed by atoms with van der Waals surface area (Å²) in [6, 6.07) is 56.3. The predicted octanol–water partition coefficient (Wildman–Crippen LogP) is 13.1. The molecule has 2 amide bonds. The summed E-state index contributed by atoms with van der Waals surface area (Å²) in [5, 5.41) is 0. The maximum atomic E-state index is 17.7. The second kappa shape index (κ2) is 30.6. The van der Waals surface area contributed by atoms with Gasteiger partial charge in [-0.05, 0) is 155 Å². The van der Waals surface area contributed by atoms with Gasteiger partial charge in [-0.3, -0.25) is 22.7 Å². The normalized spacial score (nSPS) is 17.7. The summed E-state index contributed by atoms with van der Waals surface area (Å²) in [4.78, 5) is 47.8. The molecule has 8 aromatic rings. The van der Waals surface area contributed by atoms with Crippen molar-refractivity contribution in [3.05, 3.63) is 263 Å². The van der Waals surface area contributed by atoms with Gasteiger partial charge in [0, 0.05) is 43.5 Å². The molecule has 0 radical (unpaired) electrons. The summed E-state index contributed by atoms with van der Waals surface area (Å²) in [6.07, 6.45) is -1.02. The SMILES string of the molecule is CC(C)(C)[S@](=O)N(Cc1ccccc1)[C@H](COS(=O)(=O)c1ccc(F)cc1)C[C@]1([C@@]2(C[C@@H](COS(=O)(=O)c3ccc(F)cc3)N(Cc3ccccc3)[S@@](=O)C(C)(C)C)C(=O)N(Cc3ccccc3)c3ccccc32)C(=O)N(Cc2ccccc2)c2ccccc21.CCOC(C)=O. The molecule has 0 N–H and O–H groups in total. The van der Waals surface area contributed by atoms with Gasteiger partial charge in [0.25, 0.3) is 20.2 Å². The molecule has 10 rings (SSSR count). The third kappa shape index (κ3) is 16.2. The highest BCUT2D eigenvalue weighted by atomic mass is 32.2. The Bertz CT molecular complexity index is 4020. The van der Waals surface area contributed by atoms with E-state index in [4.69, 9.17) is 8.37 Å². The fourth-order valence-electron chi connectivity index (χ4n) is 12.4. The molecule has 506 valence electrons. The van der Waals surface area contributed by atoms with E-state index in [1.165, 1.54) is 6.92 Å². The first-order valence-electron chi connectivity index (χ1n) is 31.4. The molecule has 22 heteroatoms. The minimum absolute atomic E-state index is 0.0313. The summed E-state index contributed by atoms with van der Waals surface area (Å²) in [6.45, 7) is 12.4. The van der Waals surface area contributed by atoms with Crippen LogP contribution < -0.4 is 9.80 Å². The van der Waals surface area contributed by atoms with Gasteiger partial charge in [-0.15, -0.1) is 0 Å². The Morgan fingerprint density at radius 3 is 1.07 bits per heavy atom. The van der Waals surface area contributed by atoms with Crippen LogP contribution in [0.3, 0.4) is 0 Å². The number of nitrogens with zero attached hydrogens (tertiary/aromatic N) is 4. The maximum absolute atomic E-state index is 17.7. The lowest BCUT2D eigenvalue weighted by molar-refractivity contribution is -0.140. The molecule has 0 fully saturated rings. The van der Waals surface area contributed by atoms with E-state index in [-0.39, 0.29) is 41.9 Å². The third-order valence-corrected chi connectivity index (χ3v) is 23.1. The van der Waals surface area contributed by atoms with E-state index in [1.807, 2.05) is 121 Å². The van der Waals surface area contributed by atoms with E-state index in [0.29, 0.717) is 51.4 Å². The number of anilines is 2. The van der Waals surface area contributed by atoms with Gasteiger partial charge in [0.05, 0.1) is 63.0 Å². The maximum Gasteiger partial charge on any atom is 0.302 e. The topological polar surface area (TPSA) is 194 Å². The number of carbonyl (C=O) groups is 3. The number of ether oxygens (including phenoxy) is 1. The molecule has 0 spiro atoms. The number of hydrogen-bond acceptors (Lipinski definition) is 12. The highest BCUT2D eigenvalue weighted by molar-refractivity contribution is 7.87. The molecule has 16 nitrogen and oxygen atoms in total. The van der Waals surface area contributed by atoms with Crippen LogP contribution in [-0.2, 0) is 107 Å². The van der Waals surface area contributed by atoms with Crippen molar-refractivity contribution >= 4 is 71.4 Å². The first-order valence-corrected chi connectivity index (χ1v) is 36.4. The molecular formula is C74H80F2N4O12S4. The Morgan fingerprint density at radius 2 is 0.781 bits per heavy atom. The summed E-state index contributed by atoms with van der Waals surface area (Å²) in [5.41, 5.74) is -0.312. The lowest BCUT2D eigenvalue weighted by Crippen LogP contribution is -2.64. The van der Waals surface area contributed by atoms with E-state index in [0.717, 1.165) is 48.5 Å². The number of rotatable bonds is 26. The lowest BCUT2D eigenvalue weighted by Gasteiger charge is -2.50. The van der Waals surface area contributed by atoms with Crippen molar-refractivity contribution in [1.82, 2.24) is 8.61 Å². The van der Waals surface area contributed by atoms with Crippen molar-refractivity contribution in [1.29, 1.82) is 0 Å². The van der Waals surface area contributed by atoms with Crippen LogP contribution in [0.15, 0.2) is 228 Å². The Kier molecular flexibility index (Phi) is 23.1. The zero-order valence-electron chi connectivity index (χ0n) is 54.9. The average Bonchev–Trinajstić information content (AvgIpc) is 1.49.